The van der Waals surface area contributed by atoms with Gasteiger partial charge in [-0.3, -0.25) is 0 Å². The quantitative estimate of drug-likeness (QED) is 0.388. The van der Waals surface area contributed by atoms with Crippen LogP contribution in [0.5, 0.6) is 0 Å². The standard InChI is InChI=1S/C20H43N3SSi2/c1-14(2)25(15(3)4,16(5)6)23(20-21-13-22-24-20)26(17(7)8,18(9)10)19(11)12/h13-19H,1-12H3. The molecule has 0 spiro atoms. The van der Waals surface area contributed by atoms with Crippen LogP contribution in [-0.2, 0) is 0 Å². The molecule has 1 aromatic rings. The van der Waals surface area contributed by atoms with Gasteiger partial charge in [0.1, 0.15) is 6.33 Å². The molecule has 0 radical (unpaired) electrons. The second-order valence-electron chi connectivity index (χ2n) is 9.76. The third kappa shape index (κ3) is 3.58. The summed E-state index contributed by atoms with van der Waals surface area (Å²) in [6.07, 6.45) is 1.77. The molecule has 1 heterocycles. The molecule has 0 aliphatic carbocycles. The summed E-state index contributed by atoms with van der Waals surface area (Å²) in [5.41, 5.74) is 4.05. The Morgan fingerprint density at radius 2 is 0.962 bits per heavy atom. The van der Waals surface area contributed by atoms with Crippen LogP contribution >= 0.6 is 11.5 Å². The van der Waals surface area contributed by atoms with Crippen LogP contribution in [0.15, 0.2) is 6.33 Å². The molecular formula is C20H43N3SSi2. The Kier molecular flexibility index (Phi) is 8.13. The van der Waals surface area contributed by atoms with Crippen molar-refractivity contribution in [3.8, 4) is 0 Å². The molecule has 0 unspecified atom stereocenters. The Labute approximate surface area is 169 Å². The van der Waals surface area contributed by atoms with Gasteiger partial charge in [0.25, 0.3) is 0 Å². The lowest BCUT2D eigenvalue weighted by atomic mass is 10.5. The van der Waals surface area contributed by atoms with Crippen LogP contribution < -0.4 is 4.23 Å². The van der Waals surface area contributed by atoms with Gasteiger partial charge in [-0.2, -0.15) is 4.37 Å². The summed E-state index contributed by atoms with van der Waals surface area (Å²) in [5.74, 6) is 0. The largest absolute Gasteiger partial charge is 0.398 e. The summed E-state index contributed by atoms with van der Waals surface area (Å²) in [6.45, 7) is 29.7. The molecular weight excluding hydrogens is 370 g/mol. The van der Waals surface area contributed by atoms with Gasteiger partial charge in [0.15, 0.2) is 21.6 Å². The van der Waals surface area contributed by atoms with Crippen LogP contribution in [0.4, 0.5) is 5.13 Å². The van der Waals surface area contributed by atoms with E-state index in [4.69, 9.17) is 4.98 Å². The molecule has 0 bridgehead atoms. The lowest BCUT2D eigenvalue weighted by molar-refractivity contribution is 0.760. The van der Waals surface area contributed by atoms with Gasteiger partial charge in [0, 0.05) is 11.5 Å². The smallest absolute Gasteiger partial charge is 0.188 e. The Hall–Kier alpha value is -0.206. The molecule has 0 amide bonds. The molecule has 0 aliphatic rings. The van der Waals surface area contributed by atoms with E-state index in [9.17, 15) is 0 Å². The average molecular weight is 414 g/mol. The van der Waals surface area contributed by atoms with E-state index in [1.54, 1.807) is 17.9 Å². The number of rotatable bonds is 9. The third-order valence-electron chi connectivity index (χ3n) is 6.86. The molecule has 152 valence electrons. The number of hydrogen-bond acceptors (Lipinski definition) is 4. The Morgan fingerprint density at radius 1 is 0.654 bits per heavy atom. The van der Waals surface area contributed by atoms with E-state index in [2.05, 4.69) is 91.7 Å². The number of nitrogens with zero attached hydrogens (tertiary/aromatic N) is 3. The van der Waals surface area contributed by atoms with Crippen molar-refractivity contribution < 1.29 is 0 Å². The Bertz CT molecular complexity index is 464. The Morgan fingerprint density at radius 3 is 1.15 bits per heavy atom. The molecule has 0 aromatic carbocycles. The highest BCUT2D eigenvalue weighted by Crippen LogP contribution is 2.55. The predicted octanol–water partition coefficient (Wildman–Crippen LogP) is 7.70. The minimum atomic E-state index is -1.88. The molecule has 0 atom stereocenters. The first-order valence-electron chi connectivity index (χ1n) is 10.5. The van der Waals surface area contributed by atoms with Crippen molar-refractivity contribution in [2.75, 3.05) is 4.23 Å². The van der Waals surface area contributed by atoms with Crippen LogP contribution in [0.25, 0.3) is 0 Å². The fraction of sp³-hybridized carbons (Fsp3) is 0.900. The average Bonchev–Trinajstić information content (AvgIpc) is 2.97. The van der Waals surface area contributed by atoms with Gasteiger partial charge in [0.2, 0.25) is 0 Å². The highest BCUT2D eigenvalue weighted by molar-refractivity contribution is 7.15. The van der Waals surface area contributed by atoms with E-state index in [-0.39, 0.29) is 0 Å². The van der Waals surface area contributed by atoms with Gasteiger partial charge in [0.05, 0.1) is 0 Å². The highest BCUT2D eigenvalue weighted by atomic mass is 32.1. The SMILES string of the molecule is CC(C)[Si](C(C)C)(C(C)C)N(c1ncns1)[Si](C(C)C)(C(C)C)C(C)C. The maximum atomic E-state index is 4.85. The molecule has 3 nitrogen and oxygen atoms in total. The van der Waals surface area contributed by atoms with Crippen molar-refractivity contribution in [2.24, 2.45) is 0 Å². The van der Waals surface area contributed by atoms with E-state index < -0.39 is 16.5 Å². The first kappa shape index (κ1) is 23.8. The second kappa shape index (κ2) is 8.86. The van der Waals surface area contributed by atoms with E-state index in [0.29, 0.717) is 33.2 Å². The van der Waals surface area contributed by atoms with Crippen molar-refractivity contribution in [1.29, 1.82) is 0 Å². The van der Waals surface area contributed by atoms with Crippen molar-refractivity contribution in [1.82, 2.24) is 9.36 Å². The second-order valence-corrected chi connectivity index (χ2v) is 22.3. The maximum absolute atomic E-state index is 4.85. The monoisotopic (exact) mass is 413 g/mol. The number of anilines is 1. The van der Waals surface area contributed by atoms with Crippen LogP contribution in [0.2, 0.25) is 33.2 Å². The first-order valence-corrected chi connectivity index (χ1v) is 15.6. The molecule has 1 rings (SSSR count). The normalized spacial score (nSPS) is 13.9. The topological polar surface area (TPSA) is 29.0 Å². The third-order valence-corrected chi connectivity index (χ3v) is 23.2. The summed E-state index contributed by atoms with van der Waals surface area (Å²) in [7, 11) is -3.76. The molecule has 26 heavy (non-hydrogen) atoms. The van der Waals surface area contributed by atoms with Gasteiger partial charge in [-0.25, -0.2) is 4.98 Å². The molecule has 0 aliphatic heterocycles. The lowest BCUT2D eigenvalue weighted by Crippen LogP contribution is -2.74. The zero-order valence-electron chi connectivity index (χ0n) is 19.3. The molecule has 0 fully saturated rings. The minimum Gasteiger partial charge on any atom is -0.398 e. The zero-order valence-corrected chi connectivity index (χ0v) is 22.1. The van der Waals surface area contributed by atoms with Crippen molar-refractivity contribution >= 4 is 33.1 Å². The fourth-order valence-electron chi connectivity index (χ4n) is 6.48. The van der Waals surface area contributed by atoms with Crippen LogP contribution in [0.3, 0.4) is 0 Å². The highest BCUT2D eigenvalue weighted by Gasteiger charge is 2.60. The maximum Gasteiger partial charge on any atom is 0.188 e. The van der Waals surface area contributed by atoms with E-state index in [1.807, 2.05) is 0 Å². The van der Waals surface area contributed by atoms with Crippen molar-refractivity contribution in [3.05, 3.63) is 6.33 Å². The number of aromatic nitrogens is 2. The molecule has 1 aromatic heterocycles. The van der Waals surface area contributed by atoms with Gasteiger partial charge in [-0.05, 0) is 33.2 Å². The number of hydrogen-bond donors (Lipinski definition) is 0. The summed E-state index contributed by atoms with van der Waals surface area (Å²) in [4.78, 5) is 4.85. The summed E-state index contributed by atoms with van der Waals surface area (Å²) in [6, 6.07) is 0. The molecule has 0 N–H and O–H groups in total. The molecule has 0 saturated carbocycles. The van der Waals surface area contributed by atoms with Crippen molar-refractivity contribution in [3.63, 3.8) is 0 Å². The zero-order chi connectivity index (χ0) is 20.4. The van der Waals surface area contributed by atoms with Crippen LogP contribution in [0.1, 0.15) is 83.1 Å². The first-order chi connectivity index (χ1) is 11.9. The molecule has 0 saturated heterocycles. The minimum absolute atomic E-state index is 0.675. The summed E-state index contributed by atoms with van der Waals surface area (Å²) >= 11 is 1.62. The predicted molar refractivity (Wildman–Crippen MR) is 124 cm³/mol. The van der Waals surface area contributed by atoms with E-state index in [1.165, 1.54) is 5.13 Å². The lowest BCUT2D eigenvalue weighted by Gasteiger charge is -2.62. The summed E-state index contributed by atoms with van der Waals surface area (Å²) in [5, 5.41) is 1.20. The summed E-state index contributed by atoms with van der Waals surface area (Å²) < 4.78 is 7.48. The van der Waals surface area contributed by atoms with Crippen molar-refractivity contribution in [2.45, 2.75) is 116 Å². The fourth-order valence-corrected chi connectivity index (χ4v) is 27.2. The van der Waals surface area contributed by atoms with Gasteiger partial charge < -0.3 is 4.23 Å². The van der Waals surface area contributed by atoms with Crippen LogP contribution in [0, 0.1) is 0 Å². The van der Waals surface area contributed by atoms with Crippen LogP contribution in [-0.4, -0.2) is 25.8 Å². The Balaban J connectivity index is 4.00. The van der Waals surface area contributed by atoms with Gasteiger partial charge in [-0.1, -0.05) is 83.1 Å². The van der Waals surface area contributed by atoms with E-state index in [0.717, 1.165) is 0 Å². The van der Waals surface area contributed by atoms with Gasteiger partial charge >= 0.3 is 0 Å². The van der Waals surface area contributed by atoms with Gasteiger partial charge in [-0.15, -0.1) is 0 Å². The van der Waals surface area contributed by atoms with E-state index >= 15 is 0 Å². The molecule has 6 heteroatoms.